The van der Waals surface area contributed by atoms with E-state index >= 15 is 0 Å². The van der Waals surface area contributed by atoms with Crippen LogP contribution in [0.15, 0.2) is 18.2 Å². The van der Waals surface area contributed by atoms with Crippen LogP contribution in [0.3, 0.4) is 0 Å². The average molecular weight is 377 g/mol. The van der Waals surface area contributed by atoms with Crippen LogP contribution in [0, 0.1) is 5.92 Å². The summed E-state index contributed by atoms with van der Waals surface area (Å²) in [6, 6.07) is 5.32. The maximum Gasteiger partial charge on any atom is 0.321 e. The summed E-state index contributed by atoms with van der Waals surface area (Å²) in [6.07, 6.45) is 2.79. The molecule has 1 fully saturated rings. The molecule has 0 spiro atoms. The first-order valence-corrected chi connectivity index (χ1v) is 9.48. The van der Waals surface area contributed by atoms with Crippen LogP contribution in [0.1, 0.15) is 44.7 Å². The second-order valence-electron chi connectivity index (χ2n) is 7.22. The van der Waals surface area contributed by atoms with E-state index in [4.69, 9.17) is 9.47 Å². The van der Waals surface area contributed by atoms with Crippen LogP contribution in [0.4, 0.5) is 4.79 Å². The van der Waals surface area contributed by atoms with Gasteiger partial charge in [-0.25, -0.2) is 4.79 Å². The number of nitrogens with zero attached hydrogens (tertiary/aromatic N) is 1. The maximum absolute atomic E-state index is 12.3. The van der Waals surface area contributed by atoms with E-state index in [1.54, 1.807) is 14.2 Å². The largest absolute Gasteiger partial charge is 0.497 e. The molecule has 1 aliphatic rings. The number of benzene rings is 1. The van der Waals surface area contributed by atoms with Gasteiger partial charge in [0.05, 0.1) is 20.8 Å². The zero-order chi connectivity index (χ0) is 19.8. The topological polar surface area (TPSA) is 79.9 Å². The lowest BCUT2D eigenvalue weighted by Gasteiger charge is -2.25. The van der Waals surface area contributed by atoms with Crippen molar-refractivity contribution in [1.82, 2.24) is 15.5 Å². The lowest BCUT2D eigenvalue weighted by Crippen LogP contribution is -2.44. The predicted molar refractivity (Wildman–Crippen MR) is 104 cm³/mol. The Hall–Kier alpha value is -2.28. The first-order chi connectivity index (χ1) is 12.9. The van der Waals surface area contributed by atoms with E-state index in [0.29, 0.717) is 12.5 Å². The van der Waals surface area contributed by atoms with Crippen molar-refractivity contribution in [3.63, 3.8) is 0 Å². The summed E-state index contributed by atoms with van der Waals surface area (Å²) in [6.45, 7) is 5.70. The Balaban J connectivity index is 1.96. The monoisotopic (exact) mass is 377 g/mol. The Morgan fingerprint density at radius 2 is 2.04 bits per heavy atom. The molecule has 1 aromatic rings. The summed E-state index contributed by atoms with van der Waals surface area (Å²) in [7, 11) is 3.27. The third-order valence-electron chi connectivity index (χ3n) is 4.77. The van der Waals surface area contributed by atoms with E-state index in [9.17, 15) is 9.59 Å². The van der Waals surface area contributed by atoms with Crippen molar-refractivity contribution in [2.24, 2.45) is 5.92 Å². The van der Waals surface area contributed by atoms with Gasteiger partial charge in [0.15, 0.2) is 0 Å². The first-order valence-electron chi connectivity index (χ1n) is 9.48. The van der Waals surface area contributed by atoms with Crippen molar-refractivity contribution in [2.75, 3.05) is 33.9 Å². The second kappa shape index (κ2) is 10.2. The Bertz CT molecular complexity index is 648. The number of imide groups is 1. The smallest absolute Gasteiger partial charge is 0.321 e. The Morgan fingerprint density at radius 1 is 1.26 bits per heavy atom. The normalized spacial score (nSPS) is 17.0. The fourth-order valence-electron chi connectivity index (χ4n) is 3.34. The van der Waals surface area contributed by atoms with Crippen LogP contribution in [0.5, 0.6) is 11.5 Å². The molecule has 0 aliphatic carbocycles. The maximum atomic E-state index is 12.3. The van der Waals surface area contributed by atoms with E-state index in [-0.39, 0.29) is 18.5 Å². The number of amides is 3. The van der Waals surface area contributed by atoms with Gasteiger partial charge in [0.25, 0.3) is 0 Å². The van der Waals surface area contributed by atoms with Crippen LogP contribution in [-0.2, 0) is 4.79 Å². The molecule has 150 valence electrons. The van der Waals surface area contributed by atoms with E-state index in [2.05, 4.69) is 29.4 Å². The minimum Gasteiger partial charge on any atom is -0.497 e. The van der Waals surface area contributed by atoms with Gasteiger partial charge in [0.1, 0.15) is 11.5 Å². The van der Waals surface area contributed by atoms with Gasteiger partial charge in [0, 0.05) is 18.2 Å². The number of nitrogens with one attached hydrogen (secondary N) is 2. The van der Waals surface area contributed by atoms with Crippen molar-refractivity contribution >= 4 is 11.9 Å². The number of carbonyl (C=O) groups is 2. The summed E-state index contributed by atoms with van der Waals surface area (Å²) in [5, 5.41) is 5.14. The van der Waals surface area contributed by atoms with Gasteiger partial charge >= 0.3 is 6.03 Å². The molecule has 0 bridgehead atoms. The van der Waals surface area contributed by atoms with Crippen LogP contribution < -0.4 is 20.1 Å². The Labute approximate surface area is 161 Å². The molecule has 1 aromatic carbocycles. The van der Waals surface area contributed by atoms with Crippen molar-refractivity contribution in [3.05, 3.63) is 23.8 Å². The summed E-state index contributed by atoms with van der Waals surface area (Å²) in [5.74, 6) is 1.74. The molecule has 1 aliphatic heterocycles. The zero-order valence-electron chi connectivity index (χ0n) is 16.7. The molecule has 3 amide bonds. The number of hydrogen-bond donors (Lipinski definition) is 2. The zero-order valence-corrected chi connectivity index (χ0v) is 16.7. The fraction of sp³-hybridized carbons (Fsp3) is 0.600. The van der Waals surface area contributed by atoms with E-state index in [0.717, 1.165) is 42.9 Å². The van der Waals surface area contributed by atoms with Gasteiger partial charge in [-0.3, -0.25) is 15.0 Å². The molecular weight excluding hydrogens is 346 g/mol. The molecule has 7 nitrogen and oxygen atoms in total. The van der Waals surface area contributed by atoms with Crippen molar-refractivity contribution in [2.45, 2.75) is 39.2 Å². The standard InChI is InChI=1S/C20H31N3O4/c1-14(2)9-10-21-20(25)22-19(24)13-23-11-5-6-17(23)16-12-15(26-3)7-8-18(16)27-4/h7-8,12,14,17H,5-6,9-11,13H2,1-4H3,(H2,21,22,24,25)/t17-/m0/s1. The van der Waals surface area contributed by atoms with Crippen molar-refractivity contribution < 1.29 is 19.1 Å². The fourth-order valence-corrected chi connectivity index (χ4v) is 3.34. The quantitative estimate of drug-likeness (QED) is 0.728. The molecule has 1 atom stereocenters. The summed E-state index contributed by atoms with van der Waals surface area (Å²) >= 11 is 0. The molecule has 7 heteroatoms. The third-order valence-corrected chi connectivity index (χ3v) is 4.77. The van der Waals surface area contributed by atoms with Gasteiger partial charge in [0.2, 0.25) is 5.91 Å². The highest BCUT2D eigenvalue weighted by atomic mass is 16.5. The van der Waals surface area contributed by atoms with Gasteiger partial charge in [-0.1, -0.05) is 13.8 Å². The highest BCUT2D eigenvalue weighted by Gasteiger charge is 2.30. The molecule has 1 heterocycles. The average Bonchev–Trinajstić information content (AvgIpc) is 3.08. The van der Waals surface area contributed by atoms with E-state index < -0.39 is 6.03 Å². The minimum atomic E-state index is -0.435. The Kier molecular flexibility index (Phi) is 7.91. The molecule has 0 unspecified atom stereocenters. The number of urea groups is 1. The predicted octanol–water partition coefficient (Wildman–Crippen LogP) is 2.71. The lowest BCUT2D eigenvalue weighted by atomic mass is 10.0. The van der Waals surface area contributed by atoms with Crippen LogP contribution in [-0.4, -0.2) is 50.7 Å². The van der Waals surface area contributed by atoms with Gasteiger partial charge in [-0.2, -0.15) is 0 Å². The van der Waals surface area contributed by atoms with Crippen LogP contribution >= 0.6 is 0 Å². The van der Waals surface area contributed by atoms with Gasteiger partial charge in [-0.15, -0.1) is 0 Å². The number of carbonyl (C=O) groups excluding carboxylic acids is 2. The highest BCUT2D eigenvalue weighted by Crippen LogP contribution is 2.38. The van der Waals surface area contributed by atoms with Crippen LogP contribution in [0.25, 0.3) is 0 Å². The molecular formula is C20H31N3O4. The molecule has 0 radical (unpaired) electrons. The number of rotatable bonds is 8. The molecule has 2 rings (SSSR count). The summed E-state index contributed by atoms with van der Waals surface area (Å²) in [4.78, 5) is 26.2. The van der Waals surface area contributed by atoms with E-state index in [1.807, 2.05) is 18.2 Å². The second-order valence-corrected chi connectivity index (χ2v) is 7.22. The van der Waals surface area contributed by atoms with Gasteiger partial charge < -0.3 is 14.8 Å². The molecule has 2 N–H and O–H groups in total. The molecule has 0 saturated carbocycles. The van der Waals surface area contributed by atoms with Gasteiger partial charge in [-0.05, 0) is 49.9 Å². The number of ether oxygens (including phenoxy) is 2. The third kappa shape index (κ3) is 6.13. The van der Waals surface area contributed by atoms with Crippen molar-refractivity contribution in [1.29, 1.82) is 0 Å². The summed E-state index contributed by atoms with van der Waals surface area (Å²) < 4.78 is 10.8. The summed E-state index contributed by atoms with van der Waals surface area (Å²) in [5.41, 5.74) is 1.00. The highest BCUT2D eigenvalue weighted by molar-refractivity contribution is 5.95. The lowest BCUT2D eigenvalue weighted by molar-refractivity contribution is -0.121. The number of methoxy groups -OCH3 is 2. The first kappa shape index (κ1) is 21.0. The molecule has 0 aromatic heterocycles. The van der Waals surface area contributed by atoms with Crippen molar-refractivity contribution in [3.8, 4) is 11.5 Å². The van der Waals surface area contributed by atoms with Crippen LogP contribution in [0.2, 0.25) is 0 Å². The number of hydrogen-bond acceptors (Lipinski definition) is 5. The molecule has 1 saturated heterocycles. The molecule has 27 heavy (non-hydrogen) atoms. The SMILES string of the molecule is COc1ccc(OC)c([C@@H]2CCCN2CC(=O)NC(=O)NCCC(C)C)c1. The van der Waals surface area contributed by atoms with E-state index in [1.165, 1.54) is 0 Å². The minimum absolute atomic E-state index is 0.0600. The Morgan fingerprint density at radius 3 is 2.70 bits per heavy atom. The number of likely N-dealkylation sites (tertiary alicyclic amines) is 1.